The first-order valence-corrected chi connectivity index (χ1v) is 8.66. The van der Waals surface area contributed by atoms with Crippen LogP contribution in [0, 0.1) is 10.1 Å². The topological polar surface area (TPSA) is 111 Å². The molecule has 1 amide bonds. The molecular weight excluding hydrogens is 328 g/mol. The van der Waals surface area contributed by atoms with Crippen LogP contribution in [0.5, 0.6) is 0 Å². The second kappa shape index (κ2) is 6.96. The predicted octanol–water partition coefficient (Wildman–Crippen LogP) is 2.48. The lowest BCUT2D eigenvalue weighted by Gasteiger charge is -2.06. The molecule has 0 bridgehead atoms. The van der Waals surface area contributed by atoms with E-state index in [-0.39, 0.29) is 22.8 Å². The Balaban J connectivity index is 1.58. The Hall–Kier alpha value is -2.48. The molecule has 2 aromatic rings. The molecule has 0 atom stereocenters. The summed E-state index contributed by atoms with van der Waals surface area (Å²) in [4.78, 5) is 28.4. The number of nitro benzene ring substituents is 1. The van der Waals surface area contributed by atoms with Crippen molar-refractivity contribution in [2.24, 2.45) is 0 Å². The second-order valence-electron chi connectivity index (χ2n) is 5.72. The zero-order valence-corrected chi connectivity index (χ0v) is 13.9. The van der Waals surface area contributed by atoms with E-state index in [2.05, 4.69) is 10.3 Å². The number of thiazole rings is 1. The minimum atomic E-state index is -0.591. The van der Waals surface area contributed by atoms with Gasteiger partial charge in [0, 0.05) is 29.5 Å². The largest absolute Gasteiger partial charge is 0.393 e. The molecule has 24 heavy (non-hydrogen) atoms. The number of anilines is 1. The average Bonchev–Trinajstić information content (AvgIpc) is 2.97. The summed E-state index contributed by atoms with van der Waals surface area (Å²) in [6.07, 6.45) is 5.24. The number of fused-ring (bicyclic) bond motifs is 1. The van der Waals surface area contributed by atoms with E-state index in [9.17, 15) is 14.9 Å². The van der Waals surface area contributed by atoms with Crippen LogP contribution >= 0.6 is 11.3 Å². The molecule has 3 N–H and O–H groups in total. The van der Waals surface area contributed by atoms with Gasteiger partial charge >= 0.3 is 0 Å². The number of nitrogens with one attached hydrogen (secondary N) is 1. The molecule has 3 rings (SSSR count). The van der Waals surface area contributed by atoms with Gasteiger partial charge in [-0.05, 0) is 37.8 Å². The summed E-state index contributed by atoms with van der Waals surface area (Å²) in [7, 11) is 0. The molecule has 0 saturated carbocycles. The number of carbonyl (C=O) groups excluding carboxylic acids is 1. The Morgan fingerprint density at radius 2 is 2.17 bits per heavy atom. The Morgan fingerprint density at radius 1 is 1.38 bits per heavy atom. The number of nitrogen functional groups attached to an aromatic ring is 1. The fourth-order valence-corrected chi connectivity index (χ4v) is 3.90. The van der Waals surface area contributed by atoms with Crippen molar-refractivity contribution in [1.82, 2.24) is 10.3 Å². The van der Waals surface area contributed by atoms with E-state index >= 15 is 0 Å². The summed E-state index contributed by atoms with van der Waals surface area (Å²) in [6, 6.07) is 4.06. The molecule has 1 heterocycles. The van der Waals surface area contributed by atoms with Crippen molar-refractivity contribution in [3.05, 3.63) is 49.5 Å². The van der Waals surface area contributed by atoms with Crippen molar-refractivity contribution in [2.75, 3.05) is 12.3 Å². The zero-order valence-electron chi connectivity index (χ0n) is 13.1. The van der Waals surface area contributed by atoms with Gasteiger partial charge in [-0.3, -0.25) is 14.9 Å². The molecule has 126 valence electrons. The lowest BCUT2D eigenvalue weighted by molar-refractivity contribution is -0.383. The standard InChI is InChI=1S/C16H18N4O3S/c17-11-6-5-10(9-13(11)20(22)23)16(21)18-8-7-15-19-12-3-1-2-4-14(12)24-15/h5-6,9H,1-4,7-8,17H2,(H,18,21). The molecule has 1 aliphatic rings. The number of rotatable bonds is 5. The van der Waals surface area contributed by atoms with Gasteiger partial charge in [-0.1, -0.05) is 0 Å². The van der Waals surface area contributed by atoms with Gasteiger partial charge in [-0.2, -0.15) is 0 Å². The van der Waals surface area contributed by atoms with E-state index in [0.29, 0.717) is 13.0 Å². The van der Waals surface area contributed by atoms with Crippen molar-refractivity contribution < 1.29 is 9.72 Å². The summed E-state index contributed by atoms with van der Waals surface area (Å²) in [5, 5.41) is 14.7. The van der Waals surface area contributed by atoms with Gasteiger partial charge < -0.3 is 11.1 Å². The number of nitro groups is 1. The Labute approximate surface area is 143 Å². The quantitative estimate of drug-likeness (QED) is 0.491. The van der Waals surface area contributed by atoms with Crippen LogP contribution in [0.15, 0.2) is 18.2 Å². The number of carbonyl (C=O) groups is 1. The molecule has 0 fully saturated rings. The molecule has 0 aliphatic heterocycles. The maximum Gasteiger partial charge on any atom is 0.292 e. The highest BCUT2D eigenvalue weighted by Crippen LogP contribution is 2.27. The van der Waals surface area contributed by atoms with Gasteiger partial charge in [0.2, 0.25) is 0 Å². The summed E-state index contributed by atoms with van der Waals surface area (Å²) < 4.78 is 0. The van der Waals surface area contributed by atoms with Gasteiger partial charge in [0.15, 0.2) is 0 Å². The zero-order chi connectivity index (χ0) is 17.1. The molecule has 8 heteroatoms. The lowest BCUT2D eigenvalue weighted by atomic mass is 10.0. The van der Waals surface area contributed by atoms with Crippen molar-refractivity contribution in [1.29, 1.82) is 0 Å². The third kappa shape index (κ3) is 3.53. The van der Waals surface area contributed by atoms with E-state index in [1.807, 2.05) is 0 Å². The first-order valence-electron chi connectivity index (χ1n) is 7.84. The van der Waals surface area contributed by atoms with Gasteiger partial charge in [-0.25, -0.2) is 4.98 Å². The van der Waals surface area contributed by atoms with E-state index in [0.717, 1.165) is 17.8 Å². The molecule has 7 nitrogen and oxygen atoms in total. The van der Waals surface area contributed by atoms with Gasteiger partial charge in [-0.15, -0.1) is 11.3 Å². The Morgan fingerprint density at radius 3 is 2.92 bits per heavy atom. The van der Waals surface area contributed by atoms with Crippen molar-refractivity contribution in [3.8, 4) is 0 Å². The number of benzene rings is 1. The number of nitrogens with zero attached hydrogens (tertiary/aromatic N) is 2. The smallest absolute Gasteiger partial charge is 0.292 e. The van der Waals surface area contributed by atoms with Crippen LogP contribution in [0.1, 0.15) is 38.8 Å². The average molecular weight is 346 g/mol. The monoisotopic (exact) mass is 346 g/mol. The minimum Gasteiger partial charge on any atom is -0.393 e. The third-order valence-electron chi connectivity index (χ3n) is 4.00. The highest BCUT2D eigenvalue weighted by Gasteiger charge is 2.17. The second-order valence-corrected chi connectivity index (χ2v) is 6.89. The number of amides is 1. The Kier molecular flexibility index (Phi) is 4.75. The van der Waals surface area contributed by atoms with Crippen LogP contribution in [-0.4, -0.2) is 22.4 Å². The van der Waals surface area contributed by atoms with Crippen LogP contribution in [0.2, 0.25) is 0 Å². The van der Waals surface area contributed by atoms with Crippen molar-refractivity contribution in [2.45, 2.75) is 32.1 Å². The summed E-state index contributed by atoms with van der Waals surface area (Å²) in [5.74, 6) is -0.348. The highest BCUT2D eigenvalue weighted by atomic mass is 32.1. The number of hydrogen-bond acceptors (Lipinski definition) is 6. The molecule has 1 aliphatic carbocycles. The van der Waals surface area contributed by atoms with E-state index < -0.39 is 4.92 Å². The normalized spacial score (nSPS) is 13.3. The summed E-state index contributed by atoms with van der Waals surface area (Å²) in [6.45, 7) is 0.448. The van der Waals surface area contributed by atoms with E-state index in [1.54, 1.807) is 11.3 Å². The predicted molar refractivity (Wildman–Crippen MR) is 92.3 cm³/mol. The molecule has 0 unspecified atom stereocenters. The number of hydrogen-bond donors (Lipinski definition) is 2. The number of aromatic nitrogens is 1. The SMILES string of the molecule is Nc1ccc(C(=O)NCCc2nc3c(s2)CCCC3)cc1[N+](=O)[O-]. The maximum absolute atomic E-state index is 12.1. The number of nitrogens with two attached hydrogens (primary N) is 1. The fraction of sp³-hybridized carbons (Fsp3) is 0.375. The van der Waals surface area contributed by atoms with Crippen LogP contribution in [0.4, 0.5) is 11.4 Å². The van der Waals surface area contributed by atoms with Gasteiger partial charge in [0.05, 0.1) is 15.6 Å². The molecular formula is C16H18N4O3S. The number of aryl methyl sites for hydroxylation is 2. The molecule has 0 saturated heterocycles. The van der Waals surface area contributed by atoms with Crippen LogP contribution < -0.4 is 11.1 Å². The molecule has 1 aromatic heterocycles. The lowest BCUT2D eigenvalue weighted by Crippen LogP contribution is -2.25. The van der Waals surface area contributed by atoms with Crippen LogP contribution in [-0.2, 0) is 19.3 Å². The first-order chi connectivity index (χ1) is 11.5. The molecule has 1 aromatic carbocycles. The minimum absolute atomic E-state index is 0.0462. The molecule has 0 radical (unpaired) electrons. The summed E-state index contributed by atoms with van der Waals surface area (Å²) >= 11 is 1.72. The van der Waals surface area contributed by atoms with Crippen LogP contribution in [0.3, 0.4) is 0 Å². The third-order valence-corrected chi connectivity index (χ3v) is 5.22. The van der Waals surface area contributed by atoms with Gasteiger partial charge in [0.1, 0.15) is 5.69 Å². The molecule has 0 spiro atoms. The highest BCUT2D eigenvalue weighted by molar-refractivity contribution is 7.11. The first kappa shape index (κ1) is 16.4. The summed E-state index contributed by atoms with van der Waals surface area (Å²) in [5.41, 5.74) is 6.77. The van der Waals surface area contributed by atoms with Crippen LogP contribution in [0.25, 0.3) is 0 Å². The van der Waals surface area contributed by atoms with E-state index in [4.69, 9.17) is 5.73 Å². The van der Waals surface area contributed by atoms with Crippen molar-refractivity contribution >= 4 is 28.6 Å². The van der Waals surface area contributed by atoms with Gasteiger partial charge in [0.25, 0.3) is 11.6 Å². The fourth-order valence-electron chi connectivity index (χ4n) is 2.74. The van der Waals surface area contributed by atoms with E-state index in [1.165, 1.54) is 41.6 Å². The Bertz CT molecular complexity index is 764. The van der Waals surface area contributed by atoms with Crippen molar-refractivity contribution in [3.63, 3.8) is 0 Å². The maximum atomic E-state index is 12.1.